The summed E-state index contributed by atoms with van der Waals surface area (Å²) in [7, 11) is 4.62. The predicted molar refractivity (Wildman–Crippen MR) is 109 cm³/mol. The molecule has 2 aromatic carbocycles. The van der Waals surface area contributed by atoms with E-state index < -0.39 is 0 Å². The van der Waals surface area contributed by atoms with Crippen molar-refractivity contribution in [2.75, 3.05) is 19.5 Å². The van der Waals surface area contributed by atoms with Crippen LogP contribution in [0.1, 0.15) is 15.9 Å². The lowest BCUT2D eigenvalue weighted by molar-refractivity contribution is 0.102. The fraction of sp³-hybridized carbons (Fsp3) is 0.200. The van der Waals surface area contributed by atoms with Crippen molar-refractivity contribution in [3.63, 3.8) is 0 Å². The number of nitrogens with one attached hydrogen (secondary N) is 1. The van der Waals surface area contributed by atoms with Gasteiger partial charge in [0, 0.05) is 28.8 Å². The van der Waals surface area contributed by atoms with E-state index in [4.69, 9.17) is 9.47 Å². The summed E-state index contributed by atoms with van der Waals surface area (Å²) in [5, 5.41) is 3.80. The first-order valence-electron chi connectivity index (χ1n) is 8.18. The molecule has 0 atom stereocenters. The van der Waals surface area contributed by atoms with Crippen molar-refractivity contribution >= 4 is 38.3 Å². The second-order valence-electron chi connectivity index (χ2n) is 6.12. The Balaban J connectivity index is 2.16. The maximum Gasteiger partial charge on any atom is 0.258 e. The first-order chi connectivity index (χ1) is 12.8. The highest BCUT2D eigenvalue weighted by Crippen LogP contribution is 2.32. The van der Waals surface area contributed by atoms with Crippen LogP contribution in [0.3, 0.4) is 0 Å². The van der Waals surface area contributed by atoms with E-state index >= 15 is 0 Å². The Morgan fingerprint density at radius 3 is 2.30 bits per heavy atom. The Hall–Kier alpha value is -2.80. The van der Waals surface area contributed by atoms with Crippen molar-refractivity contribution in [1.82, 2.24) is 4.57 Å². The Kier molecular flexibility index (Phi) is 5.23. The van der Waals surface area contributed by atoms with Gasteiger partial charge >= 0.3 is 0 Å². The zero-order valence-corrected chi connectivity index (χ0v) is 17.0. The van der Waals surface area contributed by atoms with E-state index in [9.17, 15) is 9.59 Å². The van der Waals surface area contributed by atoms with E-state index in [2.05, 4.69) is 21.2 Å². The molecule has 1 amide bonds. The lowest BCUT2D eigenvalue weighted by Crippen LogP contribution is -2.22. The van der Waals surface area contributed by atoms with E-state index in [1.165, 1.54) is 25.0 Å². The number of ether oxygens (including phenoxy) is 2. The van der Waals surface area contributed by atoms with Crippen LogP contribution in [-0.4, -0.2) is 24.7 Å². The van der Waals surface area contributed by atoms with Gasteiger partial charge in [0.05, 0.1) is 25.2 Å². The molecule has 1 N–H and O–H groups in total. The summed E-state index contributed by atoms with van der Waals surface area (Å²) >= 11 is 3.41. The zero-order valence-electron chi connectivity index (χ0n) is 15.4. The van der Waals surface area contributed by atoms with Crippen molar-refractivity contribution < 1.29 is 14.3 Å². The number of carbonyl (C=O) groups is 1. The van der Waals surface area contributed by atoms with Gasteiger partial charge in [-0.25, -0.2) is 0 Å². The second kappa shape index (κ2) is 7.44. The van der Waals surface area contributed by atoms with Crippen LogP contribution in [0.4, 0.5) is 5.69 Å². The average Bonchev–Trinajstić information content (AvgIpc) is 2.65. The number of rotatable bonds is 4. The normalized spacial score (nSPS) is 10.7. The summed E-state index contributed by atoms with van der Waals surface area (Å²) in [6, 6.07) is 8.85. The van der Waals surface area contributed by atoms with Gasteiger partial charge in [0.2, 0.25) is 0 Å². The first kappa shape index (κ1) is 19.0. The van der Waals surface area contributed by atoms with E-state index in [1.807, 2.05) is 25.1 Å². The standard InChI is InChI=1S/C20H19BrN2O4/c1-11-7-12(21)5-6-16(11)22-19(24)15-10-23(2)20(25)14-9-18(27-4)17(26-3)8-13(14)15/h5-10H,1-4H3,(H,22,24). The van der Waals surface area contributed by atoms with Gasteiger partial charge in [-0.15, -0.1) is 0 Å². The molecule has 0 aliphatic heterocycles. The maximum atomic E-state index is 13.0. The van der Waals surface area contributed by atoms with Crippen molar-refractivity contribution in [1.29, 1.82) is 0 Å². The van der Waals surface area contributed by atoms with Gasteiger partial charge in [0.25, 0.3) is 11.5 Å². The molecule has 1 heterocycles. The average molecular weight is 431 g/mol. The third kappa shape index (κ3) is 3.55. The van der Waals surface area contributed by atoms with Crippen LogP contribution >= 0.6 is 15.9 Å². The number of amides is 1. The zero-order chi connectivity index (χ0) is 19.7. The maximum absolute atomic E-state index is 13.0. The molecule has 7 heteroatoms. The van der Waals surface area contributed by atoms with Crippen LogP contribution in [0.2, 0.25) is 0 Å². The van der Waals surface area contributed by atoms with Crippen molar-refractivity contribution in [2.24, 2.45) is 7.05 Å². The van der Waals surface area contributed by atoms with Gasteiger partial charge < -0.3 is 19.4 Å². The molecule has 6 nitrogen and oxygen atoms in total. The number of carbonyl (C=O) groups excluding carboxylic acids is 1. The van der Waals surface area contributed by atoms with Crippen LogP contribution in [0.25, 0.3) is 10.8 Å². The minimum atomic E-state index is -0.312. The van der Waals surface area contributed by atoms with Gasteiger partial charge in [-0.2, -0.15) is 0 Å². The largest absolute Gasteiger partial charge is 0.493 e. The Morgan fingerprint density at radius 2 is 1.70 bits per heavy atom. The van der Waals surface area contributed by atoms with E-state index in [1.54, 1.807) is 19.2 Å². The molecule has 0 saturated carbocycles. The molecule has 0 bridgehead atoms. The smallest absolute Gasteiger partial charge is 0.258 e. The highest BCUT2D eigenvalue weighted by atomic mass is 79.9. The van der Waals surface area contributed by atoms with Crippen LogP contribution < -0.4 is 20.3 Å². The molecule has 0 fully saturated rings. The molecular weight excluding hydrogens is 412 g/mol. The number of aromatic nitrogens is 1. The molecule has 1 aromatic heterocycles. The summed E-state index contributed by atoms with van der Waals surface area (Å²) in [6.07, 6.45) is 1.53. The summed E-state index contributed by atoms with van der Waals surface area (Å²) < 4.78 is 12.9. The van der Waals surface area contributed by atoms with Crippen LogP contribution in [0.5, 0.6) is 11.5 Å². The van der Waals surface area contributed by atoms with E-state index in [0.29, 0.717) is 33.5 Å². The van der Waals surface area contributed by atoms with Crippen LogP contribution in [0.15, 0.2) is 45.8 Å². The number of anilines is 1. The molecule has 3 aromatic rings. The summed E-state index contributed by atoms with van der Waals surface area (Å²) in [5.41, 5.74) is 1.77. The molecule has 0 saturated heterocycles. The lowest BCUT2D eigenvalue weighted by atomic mass is 10.1. The molecular formula is C20H19BrN2O4. The Morgan fingerprint density at radius 1 is 1.07 bits per heavy atom. The van der Waals surface area contributed by atoms with Crippen LogP contribution in [0, 0.1) is 6.92 Å². The second-order valence-corrected chi connectivity index (χ2v) is 7.04. The fourth-order valence-corrected chi connectivity index (χ4v) is 3.40. The number of benzene rings is 2. The fourth-order valence-electron chi connectivity index (χ4n) is 2.93. The van der Waals surface area contributed by atoms with Crippen LogP contribution in [-0.2, 0) is 7.05 Å². The number of hydrogen-bond donors (Lipinski definition) is 1. The van der Waals surface area contributed by atoms with Crippen molar-refractivity contribution in [3.8, 4) is 11.5 Å². The molecule has 3 rings (SSSR count). The molecule has 0 aliphatic rings. The highest BCUT2D eigenvalue weighted by Gasteiger charge is 2.18. The molecule has 0 radical (unpaired) electrons. The monoisotopic (exact) mass is 430 g/mol. The summed E-state index contributed by atoms with van der Waals surface area (Å²) in [4.78, 5) is 25.5. The summed E-state index contributed by atoms with van der Waals surface area (Å²) in [5.74, 6) is 0.573. The van der Waals surface area contributed by atoms with Gasteiger partial charge in [-0.05, 0) is 42.8 Å². The van der Waals surface area contributed by atoms with Gasteiger partial charge in [0.15, 0.2) is 11.5 Å². The van der Waals surface area contributed by atoms with E-state index in [0.717, 1.165) is 10.0 Å². The van der Waals surface area contributed by atoms with Gasteiger partial charge in [-0.1, -0.05) is 15.9 Å². The number of halogens is 1. The number of fused-ring (bicyclic) bond motifs is 1. The van der Waals surface area contributed by atoms with Gasteiger partial charge in [-0.3, -0.25) is 9.59 Å². The minimum Gasteiger partial charge on any atom is -0.493 e. The number of pyridine rings is 1. The Labute approximate surface area is 164 Å². The van der Waals surface area contributed by atoms with Gasteiger partial charge in [0.1, 0.15) is 0 Å². The quantitative estimate of drug-likeness (QED) is 0.681. The molecule has 0 aliphatic carbocycles. The molecule has 0 unspecified atom stereocenters. The first-order valence-corrected chi connectivity index (χ1v) is 8.98. The molecule has 140 valence electrons. The third-order valence-corrected chi connectivity index (χ3v) is 4.86. The number of hydrogen-bond acceptors (Lipinski definition) is 4. The highest BCUT2D eigenvalue weighted by molar-refractivity contribution is 9.10. The van der Waals surface area contributed by atoms with Crippen molar-refractivity contribution in [3.05, 3.63) is 62.5 Å². The SMILES string of the molecule is COc1cc2c(C(=O)Nc3ccc(Br)cc3C)cn(C)c(=O)c2cc1OC. The number of nitrogens with zero attached hydrogens (tertiary/aromatic N) is 1. The minimum absolute atomic E-state index is 0.220. The Bertz CT molecular complexity index is 1110. The third-order valence-electron chi connectivity index (χ3n) is 4.37. The summed E-state index contributed by atoms with van der Waals surface area (Å²) in [6.45, 7) is 1.91. The topological polar surface area (TPSA) is 69.6 Å². The van der Waals surface area contributed by atoms with Crippen molar-refractivity contribution in [2.45, 2.75) is 6.92 Å². The molecule has 0 spiro atoms. The molecule has 27 heavy (non-hydrogen) atoms. The lowest BCUT2D eigenvalue weighted by Gasteiger charge is -2.14. The predicted octanol–water partition coefficient (Wildman–Crippen LogP) is 3.88. The number of aryl methyl sites for hydroxylation is 2. The number of methoxy groups -OCH3 is 2. The van der Waals surface area contributed by atoms with E-state index in [-0.39, 0.29) is 11.5 Å².